The average molecular weight is 210 g/mol. The molecule has 0 spiro atoms. The average Bonchev–Trinajstić information content (AvgIpc) is 2.21. The maximum atomic E-state index is 12.7. The Kier molecular flexibility index (Phi) is 4.72. The summed E-state index contributed by atoms with van der Waals surface area (Å²) in [5.74, 6) is 0.312. The summed E-state index contributed by atoms with van der Waals surface area (Å²) < 4.78 is 12.7. The van der Waals surface area contributed by atoms with E-state index in [4.69, 9.17) is 5.73 Å². The van der Waals surface area contributed by atoms with Crippen molar-refractivity contribution < 1.29 is 4.39 Å². The number of nitrogens with two attached hydrogens (primary N) is 1. The Morgan fingerprint density at radius 2 is 1.93 bits per heavy atom. The van der Waals surface area contributed by atoms with Crippen molar-refractivity contribution >= 4 is 0 Å². The van der Waals surface area contributed by atoms with Crippen LogP contribution in [0.25, 0.3) is 0 Å². The SMILES string of the molecule is CC(CN)CN(C)Cc1ccc(F)cc1. The number of hydrogen-bond donors (Lipinski definition) is 1. The number of benzene rings is 1. The summed E-state index contributed by atoms with van der Waals surface area (Å²) in [6.07, 6.45) is 0. The van der Waals surface area contributed by atoms with Gasteiger partial charge in [0.1, 0.15) is 5.82 Å². The number of halogens is 1. The van der Waals surface area contributed by atoms with Crippen LogP contribution in [-0.2, 0) is 6.54 Å². The van der Waals surface area contributed by atoms with Crippen molar-refractivity contribution in [2.75, 3.05) is 20.1 Å². The first-order chi connectivity index (χ1) is 7.11. The van der Waals surface area contributed by atoms with E-state index >= 15 is 0 Å². The van der Waals surface area contributed by atoms with Gasteiger partial charge in [-0.05, 0) is 37.2 Å². The molecular weight excluding hydrogens is 191 g/mol. The van der Waals surface area contributed by atoms with Gasteiger partial charge in [0.15, 0.2) is 0 Å². The molecule has 0 aliphatic heterocycles. The van der Waals surface area contributed by atoms with Gasteiger partial charge in [-0.3, -0.25) is 0 Å². The van der Waals surface area contributed by atoms with Crippen molar-refractivity contribution in [3.8, 4) is 0 Å². The van der Waals surface area contributed by atoms with Crippen molar-refractivity contribution in [1.29, 1.82) is 0 Å². The second kappa shape index (κ2) is 5.83. The van der Waals surface area contributed by atoms with Crippen molar-refractivity contribution in [3.63, 3.8) is 0 Å². The molecule has 1 rings (SSSR count). The minimum atomic E-state index is -0.184. The lowest BCUT2D eigenvalue weighted by molar-refractivity contribution is 0.282. The van der Waals surface area contributed by atoms with Crippen LogP contribution in [0.1, 0.15) is 12.5 Å². The highest BCUT2D eigenvalue weighted by Crippen LogP contribution is 2.06. The van der Waals surface area contributed by atoms with Crippen LogP contribution < -0.4 is 5.73 Å². The predicted octanol–water partition coefficient (Wildman–Crippen LogP) is 1.85. The normalized spacial score (nSPS) is 13.1. The third kappa shape index (κ3) is 4.40. The first-order valence-electron chi connectivity index (χ1n) is 5.25. The largest absolute Gasteiger partial charge is 0.330 e. The second-order valence-corrected chi connectivity index (χ2v) is 4.16. The standard InChI is InChI=1S/C12H19FN2/c1-10(7-14)8-15(2)9-11-3-5-12(13)6-4-11/h3-6,10H,7-9,14H2,1-2H3. The molecule has 1 aromatic rings. The third-order valence-corrected chi connectivity index (χ3v) is 2.39. The molecule has 0 bridgehead atoms. The van der Waals surface area contributed by atoms with Gasteiger partial charge in [-0.25, -0.2) is 4.39 Å². The zero-order valence-electron chi connectivity index (χ0n) is 9.41. The quantitative estimate of drug-likeness (QED) is 0.803. The summed E-state index contributed by atoms with van der Waals surface area (Å²) in [5.41, 5.74) is 6.69. The molecule has 0 aromatic heterocycles. The molecule has 1 unspecified atom stereocenters. The van der Waals surface area contributed by atoms with Crippen LogP contribution in [-0.4, -0.2) is 25.0 Å². The summed E-state index contributed by atoms with van der Waals surface area (Å²) in [6, 6.07) is 6.63. The molecule has 84 valence electrons. The second-order valence-electron chi connectivity index (χ2n) is 4.16. The van der Waals surface area contributed by atoms with Crippen LogP contribution in [0.15, 0.2) is 24.3 Å². The predicted molar refractivity (Wildman–Crippen MR) is 61.0 cm³/mol. The Morgan fingerprint density at radius 3 is 2.47 bits per heavy atom. The molecule has 15 heavy (non-hydrogen) atoms. The summed E-state index contributed by atoms with van der Waals surface area (Å²) in [5, 5.41) is 0. The van der Waals surface area contributed by atoms with Gasteiger partial charge in [0, 0.05) is 13.1 Å². The summed E-state index contributed by atoms with van der Waals surface area (Å²) >= 11 is 0. The highest BCUT2D eigenvalue weighted by atomic mass is 19.1. The fourth-order valence-electron chi connectivity index (χ4n) is 1.57. The first-order valence-corrected chi connectivity index (χ1v) is 5.25. The minimum absolute atomic E-state index is 0.184. The van der Waals surface area contributed by atoms with Crippen LogP contribution in [0.4, 0.5) is 4.39 Å². The number of nitrogens with zero attached hydrogens (tertiary/aromatic N) is 1. The molecule has 2 N–H and O–H groups in total. The molecule has 0 radical (unpaired) electrons. The monoisotopic (exact) mass is 210 g/mol. The maximum absolute atomic E-state index is 12.7. The van der Waals surface area contributed by atoms with Gasteiger partial charge >= 0.3 is 0 Å². The molecule has 2 nitrogen and oxygen atoms in total. The van der Waals surface area contributed by atoms with Gasteiger partial charge in [0.05, 0.1) is 0 Å². The molecule has 0 aliphatic carbocycles. The highest BCUT2D eigenvalue weighted by Gasteiger charge is 2.05. The van der Waals surface area contributed by atoms with Gasteiger partial charge in [-0.2, -0.15) is 0 Å². The van der Waals surface area contributed by atoms with Gasteiger partial charge in [0.25, 0.3) is 0 Å². The maximum Gasteiger partial charge on any atom is 0.123 e. The third-order valence-electron chi connectivity index (χ3n) is 2.39. The lowest BCUT2D eigenvalue weighted by atomic mass is 10.1. The van der Waals surface area contributed by atoms with Crippen LogP contribution >= 0.6 is 0 Å². The molecule has 0 aliphatic rings. The Balaban J connectivity index is 2.44. The van der Waals surface area contributed by atoms with Crippen LogP contribution in [0, 0.1) is 11.7 Å². The lowest BCUT2D eigenvalue weighted by Gasteiger charge is -2.20. The molecular formula is C12H19FN2. The Hall–Kier alpha value is -0.930. The van der Waals surface area contributed by atoms with E-state index < -0.39 is 0 Å². The van der Waals surface area contributed by atoms with Crippen LogP contribution in [0.2, 0.25) is 0 Å². The van der Waals surface area contributed by atoms with Crippen LogP contribution in [0.5, 0.6) is 0 Å². The zero-order valence-corrected chi connectivity index (χ0v) is 9.41. The molecule has 3 heteroatoms. The van der Waals surface area contributed by atoms with Gasteiger partial charge in [0.2, 0.25) is 0 Å². The first kappa shape index (κ1) is 12.1. The Bertz CT molecular complexity index is 284. The summed E-state index contributed by atoms with van der Waals surface area (Å²) in [7, 11) is 2.05. The van der Waals surface area contributed by atoms with E-state index in [-0.39, 0.29) is 5.82 Å². The van der Waals surface area contributed by atoms with Crippen molar-refractivity contribution in [3.05, 3.63) is 35.6 Å². The van der Waals surface area contributed by atoms with E-state index in [9.17, 15) is 4.39 Å². The highest BCUT2D eigenvalue weighted by molar-refractivity contribution is 5.15. The van der Waals surface area contributed by atoms with E-state index in [2.05, 4.69) is 18.9 Å². The Morgan fingerprint density at radius 1 is 1.33 bits per heavy atom. The van der Waals surface area contributed by atoms with Crippen molar-refractivity contribution in [2.24, 2.45) is 11.7 Å². The molecule has 0 amide bonds. The fraction of sp³-hybridized carbons (Fsp3) is 0.500. The van der Waals surface area contributed by atoms with Crippen molar-refractivity contribution in [2.45, 2.75) is 13.5 Å². The zero-order chi connectivity index (χ0) is 11.3. The van der Waals surface area contributed by atoms with Gasteiger partial charge in [-0.1, -0.05) is 19.1 Å². The molecule has 0 fully saturated rings. The van der Waals surface area contributed by atoms with Gasteiger partial charge < -0.3 is 10.6 Å². The molecule has 0 saturated carbocycles. The van der Waals surface area contributed by atoms with E-state index in [0.29, 0.717) is 12.5 Å². The summed E-state index contributed by atoms with van der Waals surface area (Å²) in [6.45, 7) is 4.63. The minimum Gasteiger partial charge on any atom is -0.330 e. The van der Waals surface area contributed by atoms with Crippen molar-refractivity contribution in [1.82, 2.24) is 4.90 Å². The summed E-state index contributed by atoms with van der Waals surface area (Å²) in [4.78, 5) is 2.20. The molecule has 0 heterocycles. The molecule has 1 aromatic carbocycles. The fourth-order valence-corrected chi connectivity index (χ4v) is 1.57. The molecule has 0 saturated heterocycles. The van der Waals surface area contributed by atoms with E-state index in [1.165, 1.54) is 12.1 Å². The number of rotatable bonds is 5. The van der Waals surface area contributed by atoms with Gasteiger partial charge in [-0.15, -0.1) is 0 Å². The van der Waals surface area contributed by atoms with E-state index in [0.717, 1.165) is 18.7 Å². The number of hydrogen-bond acceptors (Lipinski definition) is 2. The Labute approximate surface area is 90.9 Å². The van der Waals surface area contributed by atoms with E-state index in [1.807, 2.05) is 12.1 Å². The molecule has 1 atom stereocenters. The lowest BCUT2D eigenvalue weighted by Crippen LogP contribution is -2.28. The van der Waals surface area contributed by atoms with E-state index in [1.54, 1.807) is 0 Å². The van der Waals surface area contributed by atoms with Crippen LogP contribution in [0.3, 0.4) is 0 Å². The topological polar surface area (TPSA) is 29.3 Å². The smallest absolute Gasteiger partial charge is 0.123 e.